The summed E-state index contributed by atoms with van der Waals surface area (Å²) in [5, 5.41) is 9.41. The number of hydrogen-bond donors (Lipinski definition) is 1. The van der Waals surface area contributed by atoms with Crippen LogP contribution in [-0.4, -0.2) is 23.7 Å². The SMILES string of the molecule is O=C(C[C@@H](Cc1ccco1)C(=O)O)OCC1c2ccccc2-c2ccccc21. The van der Waals surface area contributed by atoms with Crippen LogP contribution in [0.15, 0.2) is 71.3 Å². The van der Waals surface area contributed by atoms with Gasteiger partial charge in [-0.25, -0.2) is 0 Å². The van der Waals surface area contributed by atoms with Gasteiger partial charge in [-0.15, -0.1) is 0 Å². The second-order valence-corrected chi connectivity index (χ2v) is 6.93. The largest absolute Gasteiger partial charge is 0.481 e. The standard InChI is InChI=1S/C23H20O5/c24-22(13-15(23(25)26)12-16-6-5-11-27-16)28-14-21-19-9-3-1-7-17(19)18-8-2-4-10-20(18)21/h1-11,15,21H,12-14H2,(H,25,26)/t15-/m1/s1. The topological polar surface area (TPSA) is 76.7 Å². The first-order valence-electron chi connectivity index (χ1n) is 9.22. The maximum atomic E-state index is 12.4. The van der Waals surface area contributed by atoms with Crippen molar-refractivity contribution in [1.82, 2.24) is 0 Å². The molecular formula is C23H20O5. The molecule has 1 atom stereocenters. The summed E-state index contributed by atoms with van der Waals surface area (Å²) in [7, 11) is 0. The number of hydrogen-bond acceptors (Lipinski definition) is 4. The lowest BCUT2D eigenvalue weighted by Crippen LogP contribution is -2.22. The van der Waals surface area contributed by atoms with Crippen LogP contribution in [0.4, 0.5) is 0 Å². The Hall–Kier alpha value is -3.34. The fraction of sp³-hybridized carbons (Fsp3) is 0.217. The number of fused-ring (bicyclic) bond motifs is 3. The number of esters is 1. The van der Waals surface area contributed by atoms with Crippen LogP contribution in [0.25, 0.3) is 11.1 Å². The highest BCUT2D eigenvalue weighted by atomic mass is 16.5. The van der Waals surface area contributed by atoms with Crippen LogP contribution >= 0.6 is 0 Å². The van der Waals surface area contributed by atoms with Gasteiger partial charge >= 0.3 is 11.9 Å². The summed E-state index contributed by atoms with van der Waals surface area (Å²) in [6.07, 6.45) is 1.46. The number of carboxylic acid groups (broad SMARTS) is 1. The van der Waals surface area contributed by atoms with Crippen LogP contribution in [0.1, 0.15) is 29.2 Å². The summed E-state index contributed by atoms with van der Waals surface area (Å²) in [5.41, 5.74) is 4.56. The lowest BCUT2D eigenvalue weighted by molar-refractivity contribution is -0.151. The first kappa shape index (κ1) is 18.0. The van der Waals surface area contributed by atoms with Gasteiger partial charge in [-0.05, 0) is 34.4 Å². The molecule has 0 saturated heterocycles. The third kappa shape index (κ3) is 3.56. The molecular weight excluding hydrogens is 356 g/mol. The molecule has 1 aliphatic rings. The van der Waals surface area contributed by atoms with E-state index in [1.165, 1.54) is 6.26 Å². The molecule has 142 valence electrons. The van der Waals surface area contributed by atoms with Gasteiger partial charge in [0.1, 0.15) is 12.4 Å². The molecule has 1 heterocycles. The Morgan fingerprint density at radius 3 is 2.18 bits per heavy atom. The number of carbonyl (C=O) groups excluding carboxylic acids is 1. The fourth-order valence-electron chi connectivity index (χ4n) is 3.79. The Labute approximate surface area is 162 Å². The smallest absolute Gasteiger partial charge is 0.307 e. The van der Waals surface area contributed by atoms with Gasteiger partial charge in [0.2, 0.25) is 0 Å². The Morgan fingerprint density at radius 2 is 1.61 bits per heavy atom. The zero-order valence-corrected chi connectivity index (χ0v) is 15.2. The Morgan fingerprint density at radius 1 is 0.964 bits per heavy atom. The van der Waals surface area contributed by atoms with Crippen LogP contribution in [-0.2, 0) is 20.7 Å². The fourth-order valence-corrected chi connectivity index (χ4v) is 3.79. The summed E-state index contributed by atoms with van der Waals surface area (Å²) in [6, 6.07) is 19.6. The Bertz CT molecular complexity index is 944. The van der Waals surface area contributed by atoms with Crippen molar-refractivity contribution in [2.24, 2.45) is 5.92 Å². The molecule has 5 heteroatoms. The van der Waals surface area contributed by atoms with Gasteiger partial charge in [0.05, 0.1) is 18.6 Å². The second kappa shape index (κ2) is 7.72. The first-order valence-corrected chi connectivity index (χ1v) is 9.22. The minimum Gasteiger partial charge on any atom is -0.481 e. The molecule has 28 heavy (non-hydrogen) atoms. The molecule has 1 N–H and O–H groups in total. The Balaban J connectivity index is 1.44. The summed E-state index contributed by atoms with van der Waals surface area (Å²) >= 11 is 0. The maximum absolute atomic E-state index is 12.4. The van der Waals surface area contributed by atoms with Gasteiger partial charge in [0, 0.05) is 12.3 Å². The molecule has 0 fully saturated rings. The van der Waals surface area contributed by atoms with Gasteiger partial charge < -0.3 is 14.3 Å². The average molecular weight is 376 g/mol. The zero-order valence-electron chi connectivity index (χ0n) is 15.2. The normalized spacial score (nSPS) is 13.6. The molecule has 0 amide bonds. The van der Waals surface area contributed by atoms with Crippen LogP contribution in [0, 0.1) is 5.92 Å². The van der Waals surface area contributed by atoms with E-state index in [9.17, 15) is 14.7 Å². The van der Waals surface area contributed by atoms with Gasteiger partial charge in [-0.1, -0.05) is 48.5 Å². The quantitative estimate of drug-likeness (QED) is 0.623. The van der Waals surface area contributed by atoms with E-state index >= 15 is 0 Å². The predicted octanol–water partition coefficient (Wildman–Crippen LogP) is 4.27. The molecule has 1 aromatic heterocycles. The van der Waals surface area contributed by atoms with Crippen molar-refractivity contribution in [1.29, 1.82) is 0 Å². The highest BCUT2D eigenvalue weighted by Gasteiger charge is 2.30. The van der Waals surface area contributed by atoms with Gasteiger partial charge in [-0.3, -0.25) is 9.59 Å². The minimum absolute atomic E-state index is 0.0373. The van der Waals surface area contributed by atoms with Gasteiger partial charge in [0.15, 0.2) is 0 Å². The van der Waals surface area contributed by atoms with Crippen LogP contribution in [0.5, 0.6) is 0 Å². The number of benzene rings is 2. The van der Waals surface area contributed by atoms with Crippen molar-refractivity contribution >= 4 is 11.9 Å². The van der Waals surface area contributed by atoms with Crippen molar-refractivity contribution in [3.05, 3.63) is 83.8 Å². The summed E-state index contributed by atoms with van der Waals surface area (Å²) in [5.74, 6) is -1.92. The summed E-state index contributed by atoms with van der Waals surface area (Å²) in [6.45, 7) is 0.194. The van der Waals surface area contributed by atoms with E-state index in [0.717, 1.165) is 22.3 Å². The number of aliphatic carboxylic acids is 1. The molecule has 1 aliphatic carbocycles. The van der Waals surface area contributed by atoms with E-state index in [1.54, 1.807) is 12.1 Å². The molecule has 4 rings (SSSR count). The Kier molecular flexibility index (Phi) is 4.98. The number of rotatable bonds is 7. The number of carbonyl (C=O) groups is 2. The van der Waals surface area contributed by atoms with E-state index in [-0.39, 0.29) is 25.4 Å². The van der Waals surface area contributed by atoms with Crippen molar-refractivity contribution in [2.45, 2.75) is 18.8 Å². The molecule has 2 aromatic carbocycles. The second-order valence-electron chi connectivity index (χ2n) is 6.93. The molecule has 0 bridgehead atoms. The summed E-state index contributed by atoms with van der Waals surface area (Å²) in [4.78, 5) is 23.9. The van der Waals surface area contributed by atoms with Crippen LogP contribution in [0.3, 0.4) is 0 Å². The highest BCUT2D eigenvalue weighted by Crippen LogP contribution is 2.44. The van der Waals surface area contributed by atoms with Crippen LogP contribution in [0.2, 0.25) is 0 Å². The van der Waals surface area contributed by atoms with Crippen molar-refractivity contribution in [2.75, 3.05) is 6.61 Å². The number of furan rings is 1. The average Bonchev–Trinajstić information content (AvgIpc) is 3.32. The van der Waals surface area contributed by atoms with Crippen molar-refractivity contribution in [3.63, 3.8) is 0 Å². The van der Waals surface area contributed by atoms with Gasteiger partial charge in [-0.2, -0.15) is 0 Å². The summed E-state index contributed by atoms with van der Waals surface area (Å²) < 4.78 is 10.7. The predicted molar refractivity (Wildman–Crippen MR) is 103 cm³/mol. The lowest BCUT2D eigenvalue weighted by Gasteiger charge is -2.15. The molecule has 0 spiro atoms. The molecule has 0 radical (unpaired) electrons. The molecule has 0 saturated carbocycles. The lowest BCUT2D eigenvalue weighted by atomic mass is 9.98. The zero-order chi connectivity index (χ0) is 19.5. The van der Waals surface area contributed by atoms with Crippen LogP contribution < -0.4 is 0 Å². The monoisotopic (exact) mass is 376 g/mol. The van der Waals surface area contributed by atoms with Crippen molar-refractivity contribution < 1.29 is 23.8 Å². The van der Waals surface area contributed by atoms with E-state index in [2.05, 4.69) is 12.1 Å². The van der Waals surface area contributed by atoms with Crippen molar-refractivity contribution in [3.8, 4) is 11.1 Å². The van der Waals surface area contributed by atoms with E-state index < -0.39 is 17.9 Å². The number of ether oxygens (including phenoxy) is 1. The molecule has 3 aromatic rings. The molecule has 0 unspecified atom stereocenters. The number of carboxylic acids is 1. The first-order chi connectivity index (χ1) is 13.6. The van der Waals surface area contributed by atoms with E-state index in [4.69, 9.17) is 9.15 Å². The third-order valence-electron chi connectivity index (χ3n) is 5.16. The maximum Gasteiger partial charge on any atom is 0.307 e. The van der Waals surface area contributed by atoms with E-state index in [1.807, 2.05) is 36.4 Å². The highest BCUT2D eigenvalue weighted by molar-refractivity contribution is 5.80. The minimum atomic E-state index is -1.04. The van der Waals surface area contributed by atoms with Gasteiger partial charge in [0.25, 0.3) is 0 Å². The third-order valence-corrected chi connectivity index (χ3v) is 5.16. The van der Waals surface area contributed by atoms with E-state index in [0.29, 0.717) is 5.76 Å². The molecule has 0 aliphatic heterocycles. The molecule has 5 nitrogen and oxygen atoms in total.